The minimum absolute atomic E-state index is 0. The first-order valence-electron chi connectivity index (χ1n) is 1.37. The maximum Gasteiger partial charge on any atom is 0.413 e. The van der Waals surface area contributed by atoms with Gasteiger partial charge in [-0.3, -0.25) is 9.11 Å². The second-order valence-electron chi connectivity index (χ2n) is 0.924. The standard InChI is InChI=1S/2Cu.H2O7S2/c;;1-8(2,3)7-9(4,5)6/h;;(H,1,2,3)(H,4,5,6). The van der Waals surface area contributed by atoms with Gasteiger partial charge in [-0.15, -0.1) is 3.63 Å². The summed E-state index contributed by atoms with van der Waals surface area (Å²) in [6.45, 7) is 0. The van der Waals surface area contributed by atoms with Gasteiger partial charge in [0.25, 0.3) is 0 Å². The molecule has 0 aromatic rings. The molecule has 0 fully saturated rings. The monoisotopic (exact) mass is 304 g/mol. The molecule has 0 aliphatic rings. The Bertz CT molecular complexity index is 240. The zero-order valence-electron chi connectivity index (χ0n) is 4.36. The van der Waals surface area contributed by atoms with Gasteiger partial charge in [0.2, 0.25) is 0 Å². The van der Waals surface area contributed by atoms with E-state index in [-0.39, 0.29) is 34.1 Å². The average Bonchev–Trinajstić information content (AvgIpc) is 1.14. The van der Waals surface area contributed by atoms with Gasteiger partial charge in [-0.1, -0.05) is 0 Å². The first-order chi connectivity index (χ1) is 3.71. The van der Waals surface area contributed by atoms with E-state index in [4.69, 9.17) is 9.11 Å². The number of rotatable bonds is 2. The molecule has 0 rings (SSSR count). The third-order valence-corrected chi connectivity index (χ3v) is 1.55. The van der Waals surface area contributed by atoms with Gasteiger partial charge in [-0.2, -0.15) is 16.8 Å². The molecule has 0 aliphatic heterocycles. The van der Waals surface area contributed by atoms with E-state index >= 15 is 0 Å². The smallest absolute Gasteiger partial charge is 0.263 e. The van der Waals surface area contributed by atoms with Crippen molar-refractivity contribution in [1.82, 2.24) is 0 Å². The predicted molar refractivity (Wildman–Crippen MR) is 24.2 cm³/mol. The molecule has 0 unspecified atom stereocenters. The molecule has 11 heteroatoms. The molecule has 0 aromatic carbocycles. The van der Waals surface area contributed by atoms with Gasteiger partial charge >= 0.3 is 20.8 Å². The van der Waals surface area contributed by atoms with Crippen LogP contribution in [0.25, 0.3) is 0 Å². The van der Waals surface area contributed by atoms with Crippen LogP contribution in [-0.4, -0.2) is 25.9 Å². The van der Waals surface area contributed by atoms with Gasteiger partial charge in [-0.05, 0) is 0 Å². The summed E-state index contributed by atoms with van der Waals surface area (Å²) in [7, 11) is -10.2. The quantitative estimate of drug-likeness (QED) is 0.476. The SMILES string of the molecule is O=S(=O)(O)OS(=O)(=O)O.[Cu].[Cu]. The zero-order valence-corrected chi connectivity index (χ0v) is 7.87. The molecule has 0 atom stereocenters. The largest absolute Gasteiger partial charge is 0.413 e. The third kappa shape index (κ3) is 18.1. The average molecular weight is 305 g/mol. The van der Waals surface area contributed by atoms with Crippen LogP contribution in [0.1, 0.15) is 0 Å². The van der Waals surface area contributed by atoms with Crippen molar-refractivity contribution in [2.45, 2.75) is 0 Å². The number of hydrogen-bond acceptors (Lipinski definition) is 5. The topological polar surface area (TPSA) is 118 Å². The Labute approximate surface area is 84.4 Å². The molecule has 0 aliphatic carbocycles. The van der Waals surface area contributed by atoms with Crippen molar-refractivity contribution >= 4 is 20.8 Å². The molecule has 0 saturated heterocycles. The summed E-state index contributed by atoms with van der Waals surface area (Å²) in [5.74, 6) is 0. The van der Waals surface area contributed by atoms with E-state index in [0.717, 1.165) is 0 Å². The van der Waals surface area contributed by atoms with Crippen LogP contribution >= 0.6 is 0 Å². The van der Waals surface area contributed by atoms with Gasteiger partial charge in [0, 0.05) is 34.1 Å². The molecule has 0 bridgehead atoms. The van der Waals surface area contributed by atoms with E-state index in [1.165, 1.54) is 0 Å². The van der Waals surface area contributed by atoms with Crippen molar-refractivity contribution in [3.63, 3.8) is 0 Å². The van der Waals surface area contributed by atoms with E-state index in [2.05, 4.69) is 3.63 Å². The maximum atomic E-state index is 9.44. The van der Waals surface area contributed by atoms with E-state index in [1.807, 2.05) is 0 Å². The first kappa shape index (κ1) is 17.8. The molecule has 2 radical (unpaired) electrons. The van der Waals surface area contributed by atoms with Crippen molar-refractivity contribution in [3.05, 3.63) is 0 Å². The maximum absolute atomic E-state index is 9.44. The summed E-state index contributed by atoms with van der Waals surface area (Å²) in [4.78, 5) is 0. The van der Waals surface area contributed by atoms with Gasteiger partial charge in [0.1, 0.15) is 0 Å². The Morgan fingerprint density at radius 1 is 0.818 bits per heavy atom. The van der Waals surface area contributed by atoms with Crippen LogP contribution in [0.15, 0.2) is 0 Å². The van der Waals surface area contributed by atoms with Gasteiger partial charge in [0.05, 0.1) is 0 Å². The summed E-state index contributed by atoms with van der Waals surface area (Å²) in [6, 6.07) is 0. The normalized spacial score (nSPS) is 11.1. The summed E-state index contributed by atoms with van der Waals surface area (Å²) in [6.07, 6.45) is 0. The van der Waals surface area contributed by atoms with Crippen LogP contribution in [-0.2, 0) is 58.6 Å². The molecule has 0 spiro atoms. The van der Waals surface area contributed by atoms with Gasteiger partial charge in [0.15, 0.2) is 0 Å². The molecule has 78 valence electrons. The fourth-order valence-electron chi connectivity index (χ4n) is 0.109. The summed E-state index contributed by atoms with van der Waals surface area (Å²) >= 11 is 0. The second kappa shape index (κ2) is 5.46. The fourth-order valence-corrected chi connectivity index (χ4v) is 0.978. The Hall–Kier alpha value is 0.819. The van der Waals surface area contributed by atoms with Crippen molar-refractivity contribution in [2.24, 2.45) is 0 Å². The Morgan fingerprint density at radius 2 is 1.00 bits per heavy atom. The molecule has 0 amide bonds. The Morgan fingerprint density at radius 3 is 1.00 bits per heavy atom. The molecule has 0 aromatic heterocycles. The molecule has 7 nitrogen and oxygen atoms in total. The minimum Gasteiger partial charge on any atom is -0.263 e. The van der Waals surface area contributed by atoms with Crippen LogP contribution in [0, 0.1) is 0 Å². The molecule has 0 heterocycles. The molecular weight excluding hydrogens is 303 g/mol. The van der Waals surface area contributed by atoms with Crippen molar-refractivity contribution in [2.75, 3.05) is 0 Å². The first-order valence-corrected chi connectivity index (χ1v) is 4.10. The van der Waals surface area contributed by atoms with Gasteiger partial charge in [-0.25, -0.2) is 0 Å². The predicted octanol–water partition coefficient (Wildman–Crippen LogP) is -1.40. The van der Waals surface area contributed by atoms with Crippen LogP contribution in [0.3, 0.4) is 0 Å². The summed E-state index contributed by atoms with van der Waals surface area (Å²) < 4.78 is 55.6. The van der Waals surface area contributed by atoms with Crippen molar-refractivity contribution in [1.29, 1.82) is 0 Å². The third-order valence-electron chi connectivity index (χ3n) is 0.172. The van der Waals surface area contributed by atoms with E-state index in [0.29, 0.717) is 0 Å². The van der Waals surface area contributed by atoms with Crippen molar-refractivity contribution < 1.29 is 63.7 Å². The molecule has 2 N–H and O–H groups in total. The minimum atomic E-state index is -5.12. The second-order valence-corrected chi connectivity index (χ2v) is 3.18. The van der Waals surface area contributed by atoms with Crippen molar-refractivity contribution in [3.8, 4) is 0 Å². The molecule has 0 saturated carbocycles. The summed E-state index contributed by atoms with van der Waals surface area (Å²) in [5, 5.41) is 0. The molecule has 11 heavy (non-hydrogen) atoms. The number of hydrogen-bond donors (Lipinski definition) is 2. The van der Waals surface area contributed by atoms with Crippen LogP contribution in [0.5, 0.6) is 0 Å². The fraction of sp³-hybridized carbons (Fsp3) is 0. The van der Waals surface area contributed by atoms with Crippen LogP contribution in [0.2, 0.25) is 0 Å². The Kier molecular flexibility index (Phi) is 8.83. The van der Waals surface area contributed by atoms with E-state index in [9.17, 15) is 16.8 Å². The van der Waals surface area contributed by atoms with Gasteiger partial charge < -0.3 is 0 Å². The zero-order chi connectivity index (χ0) is 7.71. The van der Waals surface area contributed by atoms with Crippen LogP contribution < -0.4 is 0 Å². The van der Waals surface area contributed by atoms with Crippen LogP contribution in [0.4, 0.5) is 0 Å². The van der Waals surface area contributed by atoms with E-state index in [1.54, 1.807) is 0 Å². The van der Waals surface area contributed by atoms with E-state index < -0.39 is 20.8 Å². The molecular formula is H2Cu2O7S2. The summed E-state index contributed by atoms with van der Waals surface area (Å²) in [5.41, 5.74) is 0. The Balaban J connectivity index is -0.000000320.